The Labute approximate surface area is 173 Å². The van der Waals surface area contributed by atoms with Crippen molar-refractivity contribution in [3.05, 3.63) is 95.6 Å². The van der Waals surface area contributed by atoms with Gasteiger partial charge >= 0.3 is 5.97 Å². The van der Waals surface area contributed by atoms with Crippen LogP contribution in [0.5, 0.6) is 5.75 Å². The average Bonchev–Trinajstić information content (AvgIpc) is 2.73. The molecule has 0 saturated carbocycles. The van der Waals surface area contributed by atoms with Gasteiger partial charge in [-0.05, 0) is 78.9 Å². The van der Waals surface area contributed by atoms with Gasteiger partial charge in [0.1, 0.15) is 17.4 Å². The molecule has 0 spiro atoms. The van der Waals surface area contributed by atoms with Crippen molar-refractivity contribution in [3.63, 3.8) is 0 Å². The van der Waals surface area contributed by atoms with Gasteiger partial charge < -0.3 is 15.5 Å². The summed E-state index contributed by atoms with van der Waals surface area (Å²) in [5.74, 6) is -2.32. The minimum Gasteiger partial charge on any atom is -0.508 e. The molecule has 0 aromatic heterocycles. The SMILES string of the molecule is O=C(O)[C@H](CCCc1ccc(F)cc1)[C@H](Nc1ccc(F)cc1)c1ccc(O)cc1. The average molecular weight is 411 g/mol. The van der Waals surface area contributed by atoms with E-state index in [1.165, 1.54) is 36.4 Å². The zero-order valence-electron chi connectivity index (χ0n) is 16.3. The lowest BCUT2D eigenvalue weighted by Gasteiger charge is -2.27. The van der Waals surface area contributed by atoms with Crippen LogP contribution in [0, 0.1) is 17.6 Å². The van der Waals surface area contributed by atoms with Gasteiger partial charge in [0.05, 0.1) is 12.0 Å². The molecule has 0 aliphatic carbocycles. The number of carbonyl (C=O) groups is 1. The minimum absolute atomic E-state index is 0.0856. The molecule has 0 fully saturated rings. The maximum Gasteiger partial charge on any atom is 0.308 e. The van der Waals surface area contributed by atoms with Crippen LogP contribution < -0.4 is 5.32 Å². The molecule has 0 heterocycles. The number of aliphatic carboxylic acids is 1. The van der Waals surface area contributed by atoms with Crippen molar-refractivity contribution in [1.29, 1.82) is 0 Å². The number of hydrogen-bond donors (Lipinski definition) is 3. The second-order valence-corrected chi connectivity index (χ2v) is 7.18. The summed E-state index contributed by atoms with van der Waals surface area (Å²) in [4.78, 5) is 12.1. The van der Waals surface area contributed by atoms with E-state index < -0.39 is 17.9 Å². The first kappa shape index (κ1) is 21.3. The van der Waals surface area contributed by atoms with Crippen LogP contribution in [0.2, 0.25) is 0 Å². The number of halogens is 2. The molecule has 156 valence electrons. The Hall–Kier alpha value is -3.41. The van der Waals surface area contributed by atoms with Crippen LogP contribution in [0.25, 0.3) is 0 Å². The molecule has 30 heavy (non-hydrogen) atoms. The summed E-state index contributed by atoms with van der Waals surface area (Å²) in [6.07, 6.45) is 1.61. The van der Waals surface area contributed by atoms with Gasteiger partial charge in [-0.25, -0.2) is 8.78 Å². The standard InChI is InChI=1S/C24H23F2NO3/c25-18-8-4-16(5-9-18)2-1-3-22(24(29)30)23(17-6-14-21(28)15-7-17)27-20-12-10-19(26)11-13-20/h4-15,22-23,27-28H,1-3H2,(H,29,30)/t22-,23-/m1/s1. The number of rotatable bonds is 9. The molecule has 0 aliphatic rings. The molecule has 0 radical (unpaired) electrons. The fourth-order valence-electron chi connectivity index (χ4n) is 3.43. The van der Waals surface area contributed by atoms with Crippen LogP contribution >= 0.6 is 0 Å². The van der Waals surface area contributed by atoms with E-state index in [0.717, 1.165) is 5.56 Å². The fourth-order valence-corrected chi connectivity index (χ4v) is 3.43. The second kappa shape index (κ2) is 9.87. The quantitative estimate of drug-likeness (QED) is 0.432. The minimum atomic E-state index is -0.957. The third-order valence-corrected chi connectivity index (χ3v) is 5.03. The van der Waals surface area contributed by atoms with Crippen molar-refractivity contribution in [2.75, 3.05) is 5.32 Å². The Kier molecular flexibility index (Phi) is 7.01. The van der Waals surface area contributed by atoms with Gasteiger partial charge in [-0.15, -0.1) is 0 Å². The number of carboxylic acids is 1. The molecule has 0 saturated heterocycles. The van der Waals surface area contributed by atoms with Gasteiger partial charge in [-0.1, -0.05) is 24.3 Å². The molecular formula is C24H23F2NO3. The van der Waals surface area contributed by atoms with Crippen LogP contribution in [0.15, 0.2) is 72.8 Å². The number of aryl methyl sites for hydroxylation is 1. The first-order valence-electron chi connectivity index (χ1n) is 9.70. The van der Waals surface area contributed by atoms with Gasteiger partial charge in [0.15, 0.2) is 0 Å². The van der Waals surface area contributed by atoms with Gasteiger partial charge in [-0.2, -0.15) is 0 Å². The third-order valence-electron chi connectivity index (χ3n) is 5.03. The largest absolute Gasteiger partial charge is 0.508 e. The first-order chi connectivity index (χ1) is 14.4. The molecule has 0 unspecified atom stereocenters. The van der Waals surface area contributed by atoms with Gasteiger partial charge in [0.2, 0.25) is 0 Å². The number of anilines is 1. The zero-order chi connectivity index (χ0) is 21.5. The number of carboxylic acid groups (broad SMARTS) is 1. The van der Waals surface area contributed by atoms with Crippen molar-refractivity contribution in [2.24, 2.45) is 5.92 Å². The number of phenolic OH excluding ortho intramolecular Hbond substituents is 1. The Bertz CT molecular complexity index is 957. The summed E-state index contributed by atoms with van der Waals surface area (Å²) in [7, 11) is 0. The van der Waals surface area contributed by atoms with E-state index in [4.69, 9.17) is 0 Å². The van der Waals surface area contributed by atoms with E-state index in [0.29, 0.717) is 30.5 Å². The van der Waals surface area contributed by atoms with Crippen LogP contribution in [0.4, 0.5) is 14.5 Å². The molecule has 3 N–H and O–H groups in total. The van der Waals surface area contributed by atoms with Crippen LogP contribution in [-0.2, 0) is 11.2 Å². The highest BCUT2D eigenvalue weighted by Crippen LogP contribution is 2.32. The second-order valence-electron chi connectivity index (χ2n) is 7.18. The lowest BCUT2D eigenvalue weighted by atomic mass is 9.88. The molecule has 3 rings (SSSR count). The summed E-state index contributed by atoms with van der Waals surface area (Å²) in [6.45, 7) is 0. The third kappa shape index (κ3) is 5.80. The first-order valence-corrected chi connectivity index (χ1v) is 9.70. The van der Waals surface area contributed by atoms with Crippen molar-refractivity contribution in [2.45, 2.75) is 25.3 Å². The molecule has 0 bridgehead atoms. The van der Waals surface area contributed by atoms with E-state index in [-0.39, 0.29) is 17.4 Å². The maximum absolute atomic E-state index is 13.3. The summed E-state index contributed by atoms with van der Waals surface area (Å²) in [5, 5.41) is 22.7. The lowest BCUT2D eigenvalue weighted by molar-refractivity contribution is -0.142. The highest BCUT2D eigenvalue weighted by Gasteiger charge is 2.29. The number of aromatic hydroxyl groups is 1. The summed E-state index contributed by atoms with van der Waals surface area (Å²) < 4.78 is 26.3. The smallest absolute Gasteiger partial charge is 0.308 e. The van der Waals surface area contributed by atoms with Crippen molar-refractivity contribution in [3.8, 4) is 5.75 Å². The monoisotopic (exact) mass is 411 g/mol. The summed E-state index contributed by atoms with van der Waals surface area (Å²) >= 11 is 0. The van der Waals surface area contributed by atoms with Crippen LogP contribution in [0.3, 0.4) is 0 Å². The maximum atomic E-state index is 13.3. The van der Waals surface area contributed by atoms with Gasteiger partial charge in [-0.3, -0.25) is 4.79 Å². The van der Waals surface area contributed by atoms with E-state index >= 15 is 0 Å². The molecule has 3 aromatic rings. The highest BCUT2D eigenvalue weighted by molar-refractivity contribution is 5.72. The van der Waals surface area contributed by atoms with Crippen LogP contribution in [0.1, 0.15) is 30.0 Å². The molecule has 3 aromatic carbocycles. The van der Waals surface area contributed by atoms with Crippen molar-refractivity contribution < 1.29 is 23.8 Å². The summed E-state index contributed by atoms with van der Waals surface area (Å²) in [5.41, 5.74) is 2.23. The van der Waals surface area contributed by atoms with Crippen LogP contribution in [-0.4, -0.2) is 16.2 Å². The number of nitrogens with one attached hydrogen (secondary N) is 1. The van der Waals surface area contributed by atoms with Crippen molar-refractivity contribution >= 4 is 11.7 Å². The lowest BCUT2D eigenvalue weighted by Crippen LogP contribution is -2.28. The fraction of sp³-hybridized carbons (Fsp3) is 0.208. The molecule has 4 nitrogen and oxygen atoms in total. The van der Waals surface area contributed by atoms with E-state index in [1.807, 2.05) is 0 Å². The highest BCUT2D eigenvalue weighted by atomic mass is 19.1. The summed E-state index contributed by atoms with van der Waals surface area (Å²) in [6, 6.07) is 17.7. The predicted molar refractivity (Wildman–Crippen MR) is 111 cm³/mol. The van der Waals surface area contributed by atoms with E-state index in [1.54, 1.807) is 36.4 Å². The zero-order valence-corrected chi connectivity index (χ0v) is 16.3. The predicted octanol–water partition coefficient (Wildman–Crippen LogP) is 5.55. The molecule has 0 aliphatic heterocycles. The molecular weight excluding hydrogens is 388 g/mol. The van der Waals surface area contributed by atoms with Gasteiger partial charge in [0.25, 0.3) is 0 Å². The normalized spacial score (nSPS) is 12.9. The Morgan fingerprint density at radius 3 is 2.00 bits per heavy atom. The molecule has 2 atom stereocenters. The number of hydrogen-bond acceptors (Lipinski definition) is 3. The van der Waals surface area contributed by atoms with E-state index in [2.05, 4.69) is 5.32 Å². The number of benzene rings is 3. The molecule has 0 amide bonds. The topological polar surface area (TPSA) is 69.6 Å². The Morgan fingerprint density at radius 1 is 0.867 bits per heavy atom. The van der Waals surface area contributed by atoms with Gasteiger partial charge in [0, 0.05) is 5.69 Å². The van der Waals surface area contributed by atoms with Crippen molar-refractivity contribution in [1.82, 2.24) is 0 Å². The molecule has 6 heteroatoms. The Balaban J connectivity index is 1.79. The van der Waals surface area contributed by atoms with E-state index in [9.17, 15) is 23.8 Å². The number of phenols is 1. The Morgan fingerprint density at radius 2 is 1.43 bits per heavy atom.